The Morgan fingerprint density at radius 2 is 1.83 bits per heavy atom. The monoisotopic (exact) mass is 389 g/mol. The number of methoxy groups -OCH3 is 1. The molecule has 1 aromatic heterocycles. The molecule has 150 valence electrons. The number of Topliss-reactive ketones (excluding diaryl/α,β-unsaturated/α-hetero) is 1. The smallest absolute Gasteiger partial charge is 0.178 e. The fourth-order valence-electron chi connectivity index (χ4n) is 3.78. The van der Waals surface area contributed by atoms with E-state index in [0.29, 0.717) is 6.54 Å². The SMILES string of the molecule is COc1ccc2[nH]cc(C(=O)CN3CCN(CC=Cc4ccccc4)CC3)c2c1. The quantitative estimate of drug-likeness (QED) is 0.626. The number of ketones is 1. The van der Waals surface area contributed by atoms with E-state index < -0.39 is 0 Å². The van der Waals surface area contributed by atoms with Crippen LogP contribution in [0.4, 0.5) is 0 Å². The molecule has 2 heterocycles. The molecule has 4 rings (SSSR count). The van der Waals surface area contributed by atoms with Crippen LogP contribution in [0, 0.1) is 0 Å². The van der Waals surface area contributed by atoms with Crippen LogP contribution in [-0.2, 0) is 0 Å². The number of ether oxygens (including phenoxy) is 1. The third kappa shape index (κ3) is 4.75. The van der Waals surface area contributed by atoms with Gasteiger partial charge in [-0.05, 0) is 23.8 Å². The summed E-state index contributed by atoms with van der Waals surface area (Å²) in [6.45, 7) is 5.19. The molecule has 0 radical (unpaired) electrons. The number of aromatic nitrogens is 1. The maximum absolute atomic E-state index is 12.9. The number of aromatic amines is 1. The van der Waals surface area contributed by atoms with Crippen LogP contribution in [0.15, 0.2) is 60.8 Å². The third-order valence-corrected chi connectivity index (χ3v) is 5.49. The van der Waals surface area contributed by atoms with E-state index in [4.69, 9.17) is 4.74 Å². The zero-order valence-corrected chi connectivity index (χ0v) is 16.8. The molecule has 5 heteroatoms. The summed E-state index contributed by atoms with van der Waals surface area (Å²) in [5.41, 5.74) is 2.93. The number of carbonyl (C=O) groups excluding carboxylic acids is 1. The van der Waals surface area contributed by atoms with Crippen molar-refractivity contribution >= 4 is 22.8 Å². The van der Waals surface area contributed by atoms with Crippen LogP contribution < -0.4 is 4.74 Å². The first-order chi connectivity index (χ1) is 14.2. The van der Waals surface area contributed by atoms with Gasteiger partial charge >= 0.3 is 0 Å². The van der Waals surface area contributed by atoms with Gasteiger partial charge in [-0.2, -0.15) is 0 Å². The van der Waals surface area contributed by atoms with Crippen molar-refractivity contribution in [3.63, 3.8) is 0 Å². The maximum Gasteiger partial charge on any atom is 0.178 e. The highest BCUT2D eigenvalue weighted by Crippen LogP contribution is 2.24. The summed E-state index contributed by atoms with van der Waals surface area (Å²) in [6.07, 6.45) is 6.20. The van der Waals surface area contributed by atoms with E-state index in [1.807, 2.05) is 30.5 Å². The normalized spacial score (nSPS) is 15.9. The minimum Gasteiger partial charge on any atom is -0.497 e. The lowest BCUT2D eigenvalue weighted by Crippen LogP contribution is -2.47. The van der Waals surface area contributed by atoms with Crippen molar-refractivity contribution in [2.24, 2.45) is 0 Å². The molecule has 0 saturated carbocycles. The summed E-state index contributed by atoms with van der Waals surface area (Å²) in [6, 6.07) is 16.1. The second-order valence-corrected chi connectivity index (χ2v) is 7.43. The Bertz CT molecular complexity index is 986. The summed E-state index contributed by atoms with van der Waals surface area (Å²) < 4.78 is 5.30. The number of benzene rings is 2. The minimum atomic E-state index is 0.155. The zero-order chi connectivity index (χ0) is 20.1. The first-order valence-electron chi connectivity index (χ1n) is 10.1. The van der Waals surface area contributed by atoms with Gasteiger partial charge in [-0.1, -0.05) is 42.5 Å². The van der Waals surface area contributed by atoms with E-state index >= 15 is 0 Å². The van der Waals surface area contributed by atoms with E-state index in [0.717, 1.165) is 54.9 Å². The molecular formula is C24H27N3O2. The van der Waals surface area contributed by atoms with Crippen LogP contribution in [-0.4, -0.2) is 66.9 Å². The second kappa shape index (κ2) is 9.07. The van der Waals surface area contributed by atoms with Crippen molar-refractivity contribution in [3.8, 4) is 5.75 Å². The largest absolute Gasteiger partial charge is 0.497 e. The number of nitrogens with zero attached hydrogens (tertiary/aromatic N) is 2. The van der Waals surface area contributed by atoms with E-state index in [9.17, 15) is 4.79 Å². The van der Waals surface area contributed by atoms with Crippen LogP contribution in [0.1, 0.15) is 15.9 Å². The van der Waals surface area contributed by atoms with Gasteiger partial charge in [0.25, 0.3) is 0 Å². The molecule has 1 N–H and O–H groups in total. The Hall–Kier alpha value is -2.89. The van der Waals surface area contributed by atoms with Gasteiger partial charge in [0.1, 0.15) is 5.75 Å². The van der Waals surface area contributed by atoms with Crippen molar-refractivity contribution in [2.75, 3.05) is 46.4 Å². The van der Waals surface area contributed by atoms with Crippen LogP contribution in [0.3, 0.4) is 0 Å². The fraction of sp³-hybridized carbons (Fsp3) is 0.292. The van der Waals surface area contributed by atoms with E-state index in [2.05, 4.69) is 51.2 Å². The Morgan fingerprint density at radius 3 is 2.59 bits per heavy atom. The Labute approximate surface area is 171 Å². The van der Waals surface area contributed by atoms with Crippen molar-refractivity contribution in [1.82, 2.24) is 14.8 Å². The molecule has 0 atom stereocenters. The predicted octanol–water partition coefficient (Wildman–Crippen LogP) is 3.69. The van der Waals surface area contributed by atoms with Gasteiger partial charge in [0.15, 0.2) is 5.78 Å². The number of hydrogen-bond acceptors (Lipinski definition) is 4. The molecule has 5 nitrogen and oxygen atoms in total. The Kier molecular flexibility index (Phi) is 6.08. The lowest BCUT2D eigenvalue weighted by molar-refractivity contribution is 0.0866. The topological polar surface area (TPSA) is 48.6 Å². The number of rotatable bonds is 7. The zero-order valence-electron chi connectivity index (χ0n) is 16.8. The third-order valence-electron chi connectivity index (χ3n) is 5.49. The summed E-state index contributed by atoms with van der Waals surface area (Å²) >= 11 is 0. The highest BCUT2D eigenvalue weighted by Gasteiger charge is 2.20. The lowest BCUT2D eigenvalue weighted by atomic mass is 10.1. The van der Waals surface area contributed by atoms with Crippen molar-refractivity contribution in [3.05, 3.63) is 71.9 Å². The molecule has 1 aliphatic heterocycles. The number of hydrogen-bond donors (Lipinski definition) is 1. The summed E-state index contributed by atoms with van der Waals surface area (Å²) in [4.78, 5) is 20.7. The first kappa shape index (κ1) is 19.4. The number of nitrogens with one attached hydrogen (secondary N) is 1. The van der Waals surface area contributed by atoms with Gasteiger partial charge < -0.3 is 9.72 Å². The molecule has 0 spiro atoms. The van der Waals surface area contributed by atoms with E-state index in [1.54, 1.807) is 7.11 Å². The summed E-state index contributed by atoms with van der Waals surface area (Å²) in [7, 11) is 1.64. The first-order valence-corrected chi connectivity index (χ1v) is 10.1. The van der Waals surface area contributed by atoms with Crippen molar-refractivity contribution in [2.45, 2.75) is 0 Å². The fourth-order valence-corrected chi connectivity index (χ4v) is 3.78. The molecule has 0 aliphatic carbocycles. The van der Waals surface area contributed by atoms with Crippen LogP contribution >= 0.6 is 0 Å². The van der Waals surface area contributed by atoms with Gasteiger partial charge in [-0.3, -0.25) is 14.6 Å². The molecule has 29 heavy (non-hydrogen) atoms. The van der Waals surface area contributed by atoms with Gasteiger partial charge in [0.05, 0.1) is 13.7 Å². The van der Waals surface area contributed by atoms with Crippen molar-refractivity contribution < 1.29 is 9.53 Å². The molecule has 0 bridgehead atoms. The Morgan fingerprint density at radius 1 is 1.07 bits per heavy atom. The highest BCUT2D eigenvalue weighted by molar-refractivity contribution is 6.09. The molecule has 0 unspecified atom stereocenters. The number of piperazine rings is 1. The standard InChI is InChI=1S/C24H27N3O2/c1-29-20-9-10-23-21(16-20)22(17-25-23)24(28)18-27-14-12-26(13-15-27)11-5-8-19-6-3-2-4-7-19/h2-10,16-17,25H,11-15,18H2,1H3. The predicted molar refractivity (Wildman–Crippen MR) is 118 cm³/mol. The number of fused-ring (bicyclic) bond motifs is 1. The average molecular weight is 389 g/mol. The average Bonchev–Trinajstić information content (AvgIpc) is 3.19. The van der Waals surface area contributed by atoms with Gasteiger partial charge in [0, 0.05) is 55.4 Å². The van der Waals surface area contributed by atoms with Gasteiger partial charge in [0.2, 0.25) is 0 Å². The minimum absolute atomic E-state index is 0.155. The molecule has 1 aliphatic rings. The molecule has 2 aromatic carbocycles. The number of carbonyl (C=O) groups is 1. The van der Waals surface area contributed by atoms with Gasteiger partial charge in [-0.25, -0.2) is 0 Å². The highest BCUT2D eigenvalue weighted by atomic mass is 16.5. The maximum atomic E-state index is 12.9. The van der Waals surface area contributed by atoms with Crippen LogP contribution in [0.2, 0.25) is 0 Å². The number of H-pyrrole nitrogens is 1. The Balaban J connectivity index is 1.29. The summed E-state index contributed by atoms with van der Waals surface area (Å²) in [5, 5.41) is 0.930. The molecule has 3 aromatic rings. The molecule has 0 amide bonds. The van der Waals surface area contributed by atoms with E-state index in [-0.39, 0.29) is 5.78 Å². The second-order valence-electron chi connectivity index (χ2n) is 7.43. The molecular weight excluding hydrogens is 362 g/mol. The van der Waals surface area contributed by atoms with Gasteiger partial charge in [-0.15, -0.1) is 0 Å². The van der Waals surface area contributed by atoms with Crippen molar-refractivity contribution in [1.29, 1.82) is 0 Å². The summed E-state index contributed by atoms with van der Waals surface area (Å²) in [5.74, 6) is 0.922. The van der Waals surface area contributed by atoms with Crippen LogP contribution in [0.5, 0.6) is 5.75 Å². The molecule has 1 fully saturated rings. The lowest BCUT2D eigenvalue weighted by Gasteiger charge is -2.33. The molecule has 1 saturated heterocycles. The van der Waals surface area contributed by atoms with Crippen LogP contribution in [0.25, 0.3) is 17.0 Å². The van der Waals surface area contributed by atoms with E-state index in [1.165, 1.54) is 5.56 Å².